The number of Topliss-reactive ketones (excluding diaryl/α,β-unsaturated/α-hetero) is 1. The molecule has 1 aliphatic heterocycles. The summed E-state index contributed by atoms with van der Waals surface area (Å²) in [6.07, 6.45) is 7.49. The molecule has 0 radical (unpaired) electrons. The molecule has 0 spiro atoms. The van der Waals surface area contributed by atoms with Crippen LogP contribution in [-0.2, 0) is 32.7 Å². The van der Waals surface area contributed by atoms with Crippen LogP contribution in [0.15, 0.2) is 85.2 Å². The molecular formula is C37H37Cl2N5O6S. The molecule has 2 heterocycles. The number of ketones is 1. The van der Waals surface area contributed by atoms with Gasteiger partial charge in [0.15, 0.2) is 5.78 Å². The van der Waals surface area contributed by atoms with Crippen LogP contribution < -0.4 is 10.2 Å². The van der Waals surface area contributed by atoms with Gasteiger partial charge in [0.25, 0.3) is 11.8 Å². The largest absolute Gasteiger partial charge is 0.326 e. The molecule has 51 heavy (non-hydrogen) atoms. The van der Waals surface area contributed by atoms with E-state index in [1.165, 1.54) is 6.20 Å². The van der Waals surface area contributed by atoms with E-state index in [-0.39, 0.29) is 29.7 Å². The molecule has 2 N–H and O–H groups in total. The lowest BCUT2D eigenvalue weighted by molar-refractivity contribution is -0.138. The number of hydrogen-bond donors (Lipinski definition) is 2. The van der Waals surface area contributed by atoms with Gasteiger partial charge in [0.2, 0.25) is 10.0 Å². The second-order valence-corrected chi connectivity index (χ2v) is 15.4. The van der Waals surface area contributed by atoms with Gasteiger partial charge in [-0.05, 0) is 48.6 Å². The lowest BCUT2D eigenvalue weighted by Gasteiger charge is -2.49. The van der Waals surface area contributed by atoms with Crippen LogP contribution in [0.3, 0.4) is 0 Å². The van der Waals surface area contributed by atoms with Crippen LogP contribution in [-0.4, -0.2) is 59.2 Å². The number of fused-ring (bicyclic) bond motifs is 1. The molecule has 266 valence electrons. The highest BCUT2D eigenvalue weighted by molar-refractivity contribution is 7.88. The molecule has 0 unspecified atom stereocenters. The molecule has 1 aliphatic carbocycles. The highest BCUT2D eigenvalue weighted by Gasteiger charge is 2.49. The van der Waals surface area contributed by atoms with Crippen LogP contribution >= 0.6 is 23.2 Å². The van der Waals surface area contributed by atoms with E-state index in [1.807, 2.05) is 18.2 Å². The topological polar surface area (TPSA) is 148 Å². The van der Waals surface area contributed by atoms with Gasteiger partial charge in [0.1, 0.15) is 6.61 Å². The van der Waals surface area contributed by atoms with E-state index < -0.39 is 40.0 Å². The maximum Gasteiger partial charge on any atom is 0.255 e. The van der Waals surface area contributed by atoms with Crippen molar-refractivity contribution in [1.29, 1.82) is 0 Å². The predicted molar refractivity (Wildman–Crippen MR) is 193 cm³/mol. The number of aromatic nitrogens is 2. The fraction of sp³-hybridized carbons (Fsp3) is 0.324. The second kappa shape index (κ2) is 16.0. The molecule has 0 bridgehead atoms. The van der Waals surface area contributed by atoms with Crippen molar-refractivity contribution in [3.63, 3.8) is 0 Å². The Morgan fingerprint density at radius 2 is 1.63 bits per heavy atom. The van der Waals surface area contributed by atoms with Gasteiger partial charge in [0.05, 0.1) is 35.8 Å². The zero-order valence-corrected chi connectivity index (χ0v) is 30.1. The minimum absolute atomic E-state index is 0.0148. The molecule has 2 amide bonds. The van der Waals surface area contributed by atoms with Gasteiger partial charge in [-0.2, -0.15) is 0 Å². The van der Waals surface area contributed by atoms with E-state index in [1.54, 1.807) is 65.7 Å². The van der Waals surface area contributed by atoms with E-state index in [4.69, 9.17) is 28.0 Å². The third kappa shape index (κ3) is 8.65. The SMILES string of the molecule is CS(=O)(=O)N[C@H]1CCCC[C@@H]1N1C(=O)c2ccccc2[C@@H](C(=O)NOCc2cnc(CCC(=O)c3ccccc3)cn2)[C@@H]1c1ccc(Cl)cc1Cl. The van der Waals surface area contributed by atoms with Crippen LogP contribution in [0.1, 0.15) is 87.3 Å². The van der Waals surface area contributed by atoms with E-state index in [2.05, 4.69) is 20.2 Å². The average molecular weight is 751 g/mol. The van der Waals surface area contributed by atoms with Crippen molar-refractivity contribution in [1.82, 2.24) is 25.1 Å². The number of nitrogens with zero attached hydrogens (tertiary/aromatic N) is 3. The summed E-state index contributed by atoms with van der Waals surface area (Å²) in [6, 6.07) is 18.7. The Morgan fingerprint density at radius 3 is 2.35 bits per heavy atom. The molecule has 11 nitrogen and oxygen atoms in total. The number of amides is 2. The first-order chi connectivity index (χ1) is 24.5. The summed E-state index contributed by atoms with van der Waals surface area (Å²) in [7, 11) is -3.62. The van der Waals surface area contributed by atoms with Crippen molar-refractivity contribution < 1.29 is 27.6 Å². The Bertz CT molecular complexity index is 2020. The first kappa shape index (κ1) is 36.6. The van der Waals surface area contributed by atoms with Crippen LogP contribution in [0.5, 0.6) is 0 Å². The molecule has 1 saturated carbocycles. The molecular weight excluding hydrogens is 713 g/mol. The van der Waals surface area contributed by atoms with E-state index in [9.17, 15) is 22.8 Å². The van der Waals surface area contributed by atoms with Gasteiger partial charge in [-0.3, -0.25) is 29.2 Å². The molecule has 4 atom stereocenters. The number of rotatable bonds is 12. The Kier molecular flexibility index (Phi) is 11.5. The van der Waals surface area contributed by atoms with Crippen molar-refractivity contribution in [2.24, 2.45) is 0 Å². The van der Waals surface area contributed by atoms with E-state index in [0.29, 0.717) is 57.9 Å². The van der Waals surface area contributed by atoms with Crippen molar-refractivity contribution >= 4 is 50.8 Å². The average Bonchev–Trinajstić information content (AvgIpc) is 3.11. The number of carbonyl (C=O) groups is 3. The smallest absolute Gasteiger partial charge is 0.255 e. The Morgan fingerprint density at radius 1 is 0.922 bits per heavy atom. The molecule has 1 aromatic heterocycles. The standard InChI is InChI=1S/C37H37Cl2N5O6S/c1-51(48,49)43-31-13-7-8-14-32(31)44-35(29-17-15-24(38)19-30(29)39)34(27-11-5-6-12-28(27)37(44)47)36(46)42-50-22-26-21-40-25(20-41-26)16-18-33(45)23-9-3-2-4-10-23/h2-6,9-12,15,17,19-21,31-32,34-35,43H,7-8,13-14,16,18,22H2,1H3,(H,42,46)/t31-,32-,34+,35-/m0/s1. The summed E-state index contributed by atoms with van der Waals surface area (Å²) in [5.74, 6) is -1.85. The summed E-state index contributed by atoms with van der Waals surface area (Å²) in [6.45, 7) is -0.103. The zero-order valence-electron chi connectivity index (χ0n) is 27.8. The normalized spacial score (nSPS) is 20.5. The Balaban J connectivity index is 1.24. The number of benzene rings is 3. The second-order valence-electron chi connectivity index (χ2n) is 12.8. The van der Waals surface area contributed by atoms with Gasteiger partial charge in [0, 0.05) is 45.9 Å². The zero-order chi connectivity index (χ0) is 36.1. The third-order valence-corrected chi connectivity index (χ3v) is 10.5. The van der Waals surface area contributed by atoms with Crippen molar-refractivity contribution in [3.05, 3.63) is 129 Å². The Labute approximate surface area is 306 Å². The molecule has 2 aliphatic rings. The van der Waals surface area contributed by atoms with Gasteiger partial charge in [-0.15, -0.1) is 0 Å². The van der Waals surface area contributed by atoms with Gasteiger partial charge >= 0.3 is 0 Å². The van der Waals surface area contributed by atoms with E-state index >= 15 is 0 Å². The quantitative estimate of drug-likeness (QED) is 0.133. The summed E-state index contributed by atoms with van der Waals surface area (Å²) >= 11 is 13.1. The number of hydrogen-bond acceptors (Lipinski definition) is 8. The van der Waals surface area contributed by atoms with Gasteiger partial charge in [-0.1, -0.05) is 90.6 Å². The maximum atomic E-state index is 14.4. The maximum absolute atomic E-state index is 14.4. The van der Waals surface area contributed by atoms with Gasteiger partial charge in [-0.25, -0.2) is 18.6 Å². The number of sulfonamides is 1. The van der Waals surface area contributed by atoms with Crippen LogP contribution in [0, 0.1) is 0 Å². The minimum Gasteiger partial charge on any atom is -0.326 e. The fourth-order valence-electron chi connectivity index (χ4n) is 6.97. The Hall–Kier alpha value is -4.20. The molecule has 0 saturated heterocycles. The highest BCUT2D eigenvalue weighted by atomic mass is 35.5. The minimum atomic E-state index is -3.62. The van der Waals surface area contributed by atoms with Crippen LogP contribution in [0.25, 0.3) is 0 Å². The lowest BCUT2D eigenvalue weighted by atomic mass is 9.76. The van der Waals surface area contributed by atoms with Gasteiger partial charge < -0.3 is 4.90 Å². The summed E-state index contributed by atoms with van der Waals surface area (Å²) in [4.78, 5) is 57.2. The lowest BCUT2D eigenvalue weighted by Crippen LogP contribution is -2.59. The first-order valence-electron chi connectivity index (χ1n) is 16.6. The molecule has 3 aromatic carbocycles. The highest BCUT2D eigenvalue weighted by Crippen LogP contribution is 2.47. The van der Waals surface area contributed by atoms with Crippen LogP contribution in [0.4, 0.5) is 0 Å². The number of nitrogens with one attached hydrogen (secondary N) is 2. The van der Waals surface area contributed by atoms with E-state index in [0.717, 1.165) is 19.1 Å². The molecule has 1 fully saturated rings. The molecule has 6 rings (SSSR count). The van der Waals surface area contributed by atoms with Crippen molar-refractivity contribution in [2.45, 2.75) is 69.2 Å². The summed E-state index contributed by atoms with van der Waals surface area (Å²) < 4.78 is 27.6. The van der Waals surface area contributed by atoms with Crippen LogP contribution in [0.2, 0.25) is 10.0 Å². The van der Waals surface area contributed by atoms with Crippen molar-refractivity contribution in [3.8, 4) is 0 Å². The molecule has 14 heteroatoms. The number of halogens is 2. The summed E-state index contributed by atoms with van der Waals surface area (Å²) in [5.41, 5.74) is 5.59. The predicted octanol–water partition coefficient (Wildman–Crippen LogP) is 5.99. The summed E-state index contributed by atoms with van der Waals surface area (Å²) in [5, 5.41) is 0.638. The number of carbonyl (C=O) groups excluding carboxylic acids is 3. The first-order valence-corrected chi connectivity index (χ1v) is 19.3. The molecule has 4 aromatic rings. The monoisotopic (exact) mass is 749 g/mol. The third-order valence-electron chi connectivity index (χ3n) is 9.25. The fourth-order valence-corrected chi connectivity index (χ4v) is 8.31. The number of aryl methyl sites for hydroxylation is 1. The number of hydroxylamine groups is 1. The van der Waals surface area contributed by atoms with Crippen molar-refractivity contribution in [2.75, 3.05) is 6.26 Å².